The van der Waals surface area contributed by atoms with Gasteiger partial charge in [-0.2, -0.15) is 11.8 Å². The Kier molecular flexibility index (Phi) is 5.93. The number of nitrogens with one attached hydrogen (secondary N) is 2. The molecule has 102 valence electrons. The Hall–Kier alpha value is -1.28. The molecular weight excluding hydrogens is 258 g/mol. The van der Waals surface area contributed by atoms with Gasteiger partial charge in [0.15, 0.2) is 0 Å². The minimum absolute atomic E-state index is 0.0141. The monoisotopic (exact) mass is 275 g/mol. The summed E-state index contributed by atoms with van der Waals surface area (Å²) in [7, 11) is 1.42. The first kappa shape index (κ1) is 14.8. The number of nitrogens with zero attached hydrogens (tertiary/aromatic N) is 1. The molecule has 3 amide bonds. The van der Waals surface area contributed by atoms with Gasteiger partial charge in [-0.15, -0.1) is 0 Å². The smallest absolute Gasteiger partial charge is 0.321 e. The van der Waals surface area contributed by atoms with Crippen LogP contribution < -0.4 is 10.6 Å². The van der Waals surface area contributed by atoms with E-state index >= 15 is 0 Å². The van der Waals surface area contributed by atoms with Crippen molar-refractivity contribution >= 4 is 29.7 Å². The number of aliphatic carboxylic acids is 1. The maximum atomic E-state index is 11.5. The highest BCUT2D eigenvalue weighted by Crippen LogP contribution is 2.18. The molecule has 0 aromatic rings. The molecule has 0 bridgehead atoms. The summed E-state index contributed by atoms with van der Waals surface area (Å²) in [5.74, 6) is 0.263. The lowest BCUT2D eigenvalue weighted by atomic mass is 10.2. The highest BCUT2D eigenvalue weighted by molar-refractivity contribution is 7.99. The number of carboxylic acids is 1. The molecule has 0 aromatic carbocycles. The standard InChI is InChI=1S/C10H17N3O4S/c1-11-10(17)12-8(14)5-13-2-3-18-6-7(13)4-9(15)16/h7H,2-6H2,1H3,(H,15,16)(H2,11,12,14,17). The van der Waals surface area contributed by atoms with Crippen LogP contribution in [0.1, 0.15) is 6.42 Å². The van der Waals surface area contributed by atoms with Gasteiger partial charge >= 0.3 is 12.0 Å². The second kappa shape index (κ2) is 7.22. The summed E-state index contributed by atoms with van der Waals surface area (Å²) in [4.78, 5) is 35.0. The van der Waals surface area contributed by atoms with Crippen molar-refractivity contribution in [2.75, 3.05) is 31.6 Å². The molecule has 7 nitrogen and oxygen atoms in total. The van der Waals surface area contributed by atoms with Gasteiger partial charge in [-0.25, -0.2) is 4.79 Å². The summed E-state index contributed by atoms with van der Waals surface area (Å²) in [6, 6.07) is -0.710. The Bertz CT molecular complexity index is 337. The first-order valence-electron chi connectivity index (χ1n) is 5.58. The maximum absolute atomic E-state index is 11.5. The van der Waals surface area contributed by atoms with Crippen LogP contribution >= 0.6 is 11.8 Å². The summed E-state index contributed by atoms with van der Waals surface area (Å²) < 4.78 is 0. The van der Waals surface area contributed by atoms with Crippen molar-refractivity contribution in [2.24, 2.45) is 0 Å². The van der Waals surface area contributed by atoms with Crippen LogP contribution in [0.4, 0.5) is 4.79 Å². The molecule has 1 rings (SSSR count). The van der Waals surface area contributed by atoms with Crippen molar-refractivity contribution in [1.82, 2.24) is 15.5 Å². The van der Waals surface area contributed by atoms with Gasteiger partial charge in [0.2, 0.25) is 5.91 Å². The van der Waals surface area contributed by atoms with E-state index in [0.29, 0.717) is 12.3 Å². The fourth-order valence-corrected chi connectivity index (χ4v) is 2.83. The Morgan fingerprint density at radius 1 is 1.44 bits per heavy atom. The number of carboxylic acid groups (broad SMARTS) is 1. The SMILES string of the molecule is CNC(=O)NC(=O)CN1CCSCC1CC(=O)O. The van der Waals surface area contributed by atoms with E-state index in [9.17, 15) is 14.4 Å². The molecule has 18 heavy (non-hydrogen) atoms. The molecular formula is C10H17N3O4S. The Morgan fingerprint density at radius 3 is 2.78 bits per heavy atom. The zero-order chi connectivity index (χ0) is 13.5. The maximum Gasteiger partial charge on any atom is 0.321 e. The predicted octanol–water partition coefficient (Wildman–Crippen LogP) is -0.666. The number of imide groups is 1. The van der Waals surface area contributed by atoms with E-state index in [4.69, 9.17) is 5.11 Å². The third-order valence-electron chi connectivity index (χ3n) is 2.59. The van der Waals surface area contributed by atoms with Crippen LogP contribution in [0, 0.1) is 0 Å². The van der Waals surface area contributed by atoms with Gasteiger partial charge in [0.1, 0.15) is 0 Å². The molecule has 0 aliphatic carbocycles. The van der Waals surface area contributed by atoms with Gasteiger partial charge in [0, 0.05) is 31.1 Å². The van der Waals surface area contributed by atoms with Gasteiger partial charge in [0.05, 0.1) is 13.0 Å². The van der Waals surface area contributed by atoms with Crippen molar-refractivity contribution in [3.8, 4) is 0 Å². The van der Waals surface area contributed by atoms with Crippen LogP contribution in [-0.2, 0) is 9.59 Å². The Balaban J connectivity index is 2.48. The van der Waals surface area contributed by atoms with E-state index in [0.717, 1.165) is 5.75 Å². The topological polar surface area (TPSA) is 98.7 Å². The van der Waals surface area contributed by atoms with E-state index in [1.165, 1.54) is 7.05 Å². The van der Waals surface area contributed by atoms with Crippen LogP contribution in [0.5, 0.6) is 0 Å². The third-order valence-corrected chi connectivity index (χ3v) is 3.68. The highest BCUT2D eigenvalue weighted by Gasteiger charge is 2.26. The largest absolute Gasteiger partial charge is 0.481 e. The first-order chi connectivity index (χ1) is 8.52. The van der Waals surface area contributed by atoms with Crippen LogP contribution in [0.3, 0.4) is 0 Å². The minimum atomic E-state index is -0.876. The summed E-state index contributed by atoms with van der Waals surface area (Å²) >= 11 is 1.68. The van der Waals surface area contributed by atoms with Crippen molar-refractivity contribution in [3.05, 3.63) is 0 Å². The molecule has 1 aliphatic rings. The van der Waals surface area contributed by atoms with E-state index in [1.54, 1.807) is 11.8 Å². The molecule has 0 radical (unpaired) electrons. The van der Waals surface area contributed by atoms with E-state index in [1.807, 2.05) is 4.90 Å². The van der Waals surface area contributed by atoms with Crippen LogP contribution in [-0.4, -0.2) is 65.6 Å². The van der Waals surface area contributed by atoms with Crippen molar-refractivity contribution in [3.63, 3.8) is 0 Å². The minimum Gasteiger partial charge on any atom is -0.481 e. The molecule has 3 N–H and O–H groups in total. The molecule has 0 aromatic heterocycles. The van der Waals surface area contributed by atoms with Crippen molar-refractivity contribution in [2.45, 2.75) is 12.5 Å². The van der Waals surface area contributed by atoms with Crippen LogP contribution in [0.15, 0.2) is 0 Å². The van der Waals surface area contributed by atoms with Gasteiger partial charge in [-0.1, -0.05) is 0 Å². The average molecular weight is 275 g/mol. The molecule has 1 unspecified atom stereocenters. The Morgan fingerprint density at radius 2 is 2.17 bits per heavy atom. The molecule has 1 saturated heterocycles. The molecule has 1 aliphatic heterocycles. The number of carbonyl (C=O) groups is 3. The van der Waals surface area contributed by atoms with Crippen LogP contribution in [0.25, 0.3) is 0 Å². The van der Waals surface area contributed by atoms with Gasteiger partial charge in [-0.05, 0) is 0 Å². The van der Waals surface area contributed by atoms with E-state index < -0.39 is 17.9 Å². The first-order valence-corrected chi connectivity index (χ1v) is 6.73. The second-order valence-electron chi connectivity index (χ2n) is 3.92. The van der Waals surface area contributed by atoms with E-state index in [2.05, 4.69) is 10.6 Å². The number of thioether (sulfide) groups is 1. The predicted molar refractivity (Wildman–Crippen MR) is 67.5 cm³/mol. The number of hydrogen-bond acceptors (Lipinski definition) is 5. The number of hydrogen-bond donors (Lipinski definition) is 3. The lowest BCUT2D eigenvalue weighted by molar-refractivity contribution is -0.138. The summed E-state index contributed by atoms with van der Waals surface area (Å²) in [6.07, 6.45) is 0.0141. The quantitative estimate of drug-likeness (QED) is 0.629. The molecule has 1 heterocycles. The third kappa shape index (κ3) is 4.92. The lowest BCUT2D eigenvalue weighted by Gasteiger charge is -2.33. The lowest BCUT2D eigenvalue weighted by Crippen LogP contribution is -2.50. The zero-order valence-corrected chi connectivity index (χ0v) is 11.0. The number of carbonyl (C=O) groups excluding carboxylic acids is 2. The molecule has 0 spiro atoms. The highest BCUT2D eigenvalue weighted by atomic mass is 32.2. The number of rotatable bonds is 4. The van der Waals surface area contributed by atoms with Crippen molar-refractivity contribution < 1.29 is 19.5 Å². The summed E-state index contributed by atoms with van der Waals surface area (Å²) in [6.45, 7) is 0.704. The fraction of sp³-hybridized carbons (Fsp3) is 0.700. The summed E-state index contributed by atoms with van der Waals surface area (Å²) in [5, 5.41) is 13.3. The molecule has 1 atom stereocenters. The number of amides is 3. The van der Waals surface area contributed by atoms with Crippen molar-refractivity contribution in [1.29, 1.82) is 0 Å². The average Bonchev–Trinajstić information content (AvgIpc) is 2.30. The zero-order valence-electron chi connectivity index (χ0n) is 10.1. The molecule has 0 saturated carbocycles. The fourth-order valence-electron chi connectivity index (χ4n) is 1.70. The van der Waals surface area contributed by atoms with E-state index in [-0.39, 0.29) is 19.0 Å². The van der Waals surface area contributed by atoms with Gasteiger partial charge in [-0.3, -0.25) is 19.8 Å². The molecule has 1 fully saturated rings. The number of urea groups is 1. The normalized spacial score (nSPS) is 20.2. The van der Waals surface area contributed by atoms with Crippen LogP contribution in [0.2, 0.25) is 0 Å². The Labute approximate surface area is 109 Å². The van der Waals surface area contributed by atoms with Gasteiger partial charge in [0.25, 0.3) is 0 Å². The van der Waals surface area contributed by atoms with Gasteiger partial charge < -0.3 is 10.4 Å². The second-order valence-corrected chi connectivity index (χ2v) is 5.07. The molecule has 8 heteroatoms. The summed E-state index contributed by atoms with van der Waals surface area (Å²) in [5.41, 5.74) is 0.